The minimum Gasteiger partial charge on any atom is -0.490 e. The van der Waals surface area contributed by atoms with Crippen LogP contribution in [0, 0.1) is 17.8 Å². The lowest BCUT2D eigenvalue weighted by Gasteiger charge is -2.50. The number of carbonyl (C=O) groups excluding carboxylic acids is 2. The third kappa shape index (κ3) is 6.91. The molecule has 7 rings (SSSR count). The van der Waals surface area contributed by atoms with Crippen molar-refractivity contribution in [2.45, 2.75) is 107 Å². The smallest absolute Gasteiger partial charge is 0.262 e. The predicted molar refractivity (Wildman–Crippen MR) is 202 cm³/mol. The van der Waals surface area contributed by atoms with E-state index in [4.69, 9.17) is 16.3 Å². The molecule has 0 aromatic heterocycles. The van der Waals surface area contributed by atoms with Crippen molar-refractivity contribution in [2.75, 3.05) is 37.7 Å². The summed E-state index contributed by atoms with van der Waals surface area (Å²) < 4.78 is 23.4. The average molecular weight is 724 g/mol. The largest absolute Gasteiger partial charge is 0.490 e. The molecule has 3 heterocycles. The fraction of sp³-hybridized carbons (Fsp3) is 0.625. The van der Waals surface area contributed by atoms with E-state index in [-0.39, 0.29) is 40.7 Å². The Morgan fingerprint density at radius 1 is 1.06 bits per heavy atom. The van der Waals surface area contributed by atoms with Crippen molar-refractivity contribution in [3.05, 3.63) is 58.1 Å². The number of rotatable bonds is 2. The van der Waals surface area contributed by atoms with Crippen molar-refractivity contribution in [1.82, 2.24) is 9.62 Å². The lowest BCUT2D eigenvalue weighted by Crippen LogP contribution is -2.54. The molecule has 0 radical (unpaired) electrons. The monoisotopic (exact) mass is 723 g/mol. The molecule has 1 saturated carbocycles. The second-order valence-electron chi connectivity index (χ2n) is 16.2. The number of carbonyl (C=O) groups is 2. The maximum atomic E-state index is 13.9. The van der Waals surface area contributed by atoms with Crippen LogP contribution < -0.4 is 14.4 Å². The molecule has 1 unspecified atom stereocenters. The Bertz CT molecular complexity index is 1730. The molecular formula is C40H54ClN3O5S. The molecule has 1 spiro atoms. The number of nitrogens with zero attached hydrogens (tertiary/aromatic N) is 2. The van der Waals surface area contributed by atoms with Gasteiger partial charge >= 0.3 is 0 Å². The number of nitrogens with one attached hydrogen (secondary N) is 1. The summed E-state index contributed by atoms with van der Waals surface area (Å²) in [6, 6.07) is 11.7. The van der Waals surface area contributed by atoms with Crippen molar-refractivity contribution in [3.63, 3.8) is 0 Å². The van der Waals surface area contributed by atoms with E-state index in [2.05, 4.69) is 27.6 Å². The first kappa shape index (κ1) is 35.6. The number of halogens is 1. The Hall–Kier alpha value is -2.75. The second-order valence-corrected chi connectivity index (χ2v) is 19.0. The zero-order valence-electron chi connectivity index (χ0n) is 29.8. The lowest BCUT2D eigenvalue weighted by molar-refractivity contribution is -0.146. The van der Waals surface area contributed by atoms with Crippen molar-refractivity contribution in [1.29, 1.82) is 0 Å². The molecule has 2 N–H and O–H groups in total. The first-order valence-corrected chi connectivity index (χ1v) is 21.0. The molecule has 2 aromatic carbocycles. The maximum absolute atomic E-state index is 13.9. The molecule has 5 aliphatic rings. The van der Waals surface area contributed by atoms with Crippen molar-refractivity contribution in [3.8, 4) is 5.75 Å². The molecule has 2 bridgehead atoms. The van der Waals surface area contributed by atoms with Gasteiger partial charge in [-0.2, -0.15) is 0 Å². The van der Waals surface area contributed by atoms with Gasteiger partial charge in [0, 0.05) is 47.4 Å². The Labute approximate surface area is 303 Å². The van der Waals surface area contributed by atoms with E-state index in [1.54, 1.807) is 6.07 Å². The van der Waals surface area contributed by atoms with Crippen LogP contribution >= 0.6 is 11.6 Å². The van der Waals surface area contributed by atoms with Crippen LogP contribution in [0.4, 0.5) is 5.69 Å². The number of aliphatic hydroxyl groups is 1. The summed E-state index contributed by atoms with van der Waals surface area (Å²) in [5, 5.41) is 13.0. The number of aryl methyl sites for hydroxylation is 1. The first-order valence-electron chi connectivity index (χ1n) is 18.9. The molecule has 2 amide bonds. The van der Waals surface area contributed by atoms with Crippen LogP contribution in [0.1, 0.15) is 106 Å². The number of hydrogen-bond donors (Lipinski definition) is 2. The van der Waals surface area contributed by atoms with Crippen LogP contribution in [0.25, 0.3) is 0 Å². The lowest BCUT2D eigenvalue weighted by atomic mass is 9.61. The highest BCUT2D eigenvalue weighted by atomic mass is 35.5. The van der Waals surface area contributed by atoms with Crippen LogP contribution in [-0.2, 0) is 26.3 Å². The minimum absolute atomic E-state index is 0.00665. The second kappa shape index (κ2) is 14.0. The molecule has 272 valence electrons. The Morgan fingerprint density at radius 2 is 1.86 bits per heavy atom. The highest BCUT2D eigenvalue weighted by Gasteiger charge is 2.50. The van der Waals surface area contributed by atoms with Gasteiger partial charge in [-0.05, 0) is 136 Å². The van der Waals surface area contributed by atoms with Crippen molar-refractivity contribution >= 4 is 44.7 Å². The minimum atomic E-state index is -2.99. The molecule has 2 fully saturated rings. The standard InChI is InChI=1S/C40H54ClN3O5S/c1-27-9-7-18-40(47,23-37(45)43-19-5-4-6-20-43)34-14-11-31(34)24-44-25-39(17-8-10-29-21-32(41)13-15-33(29)39)26-49-36-16-12-30(22-35(36)44)38(46)42-50(3,48)28(27)2/h12-13,15-16,21-22,27-28,31,34,47H,3-11,14,17-20,23-26H2,1-2H3,(H,42,46,48)/t27-,28+,31-,34+,39-,40-,50?/m0/s1. The molecule has 10 heteroatoms. The van der Waals surface area contributed by atoms with Gasteiger partial charge in [0.1, 0.15) is 5.75 Å². The van der Waals surface area contributed by atoms with Gasteiger partial charge in [0.25, 0.3) is 5.91 Å². The molecule has 2 aromatic rings. The third-order valence-electron chi connectivity index (χ3n) is 13.0. The van der Waals surface area contributed by atoms with Gasteiger partial charge < -0.3 is 19.6 Å². The normalized spacial score (nSPS) is 34.8. The summed E-state index contributed by atoms with van der Waals surface area (Å²) in [5.74, 6) is 4.53. The zero-order valence-corrected chi connectivity index (χ0v) is 31.3. The fourth-order valence-electron chi connectivity index (χ4n) is 9.60. The highest BCUT2D eigenvalue weighted by Crippen LogP contribution is 2.50. The maximum Gasteiger partial charge on any atom is 0.262 e. The van der Waals surface area contributed by atoms with Crippen LogP contribution in [0.15, 0.2) is 36.4 Å². The number of benzene rings is 2. The highest BCUT2D eigenvalue weighted by molar-refractivity contribution is 7.99. The van der Waals surface area contributed by atoms with E-state index in [0.29, 0.717) is 43.9 Å². The van der Waals surface area contributed by atoms with Gasteiger partial charge in [0.05, 0.1) is 34.0 Å². The summed E-state index contributed by atoms with van der Waals surface area (Å²) in [6.45, 7) is 7.33. The molecular weight excluding hydrogens is 670 g/mol. The topological polar surface area (TPSA) is 99.2 Å². The van der Waals surface area contributed by atoms with Crippen LogP contribution in [-0.4, -0.2) is 75.5 Å². The number of ether oxygens (including phenoxy) is 1. The van der Waals surface area contributed by atoms with E-state index in [1.807, 2.05) is 36.9 Å². The van der Waals surface area contributed by atoms with E-state index in [9.17, 15) is 18.9 Å². The first-order chi connectivity index (χ1) is 23.9. The molecule has 3 aliphatic heterocycles. The van der Waals surface area contributed by atoms with Crippen LogP contribution in [0.3, 0.4) is 0 Å². The molecule has 2 aliphatic carbocycles. The summed E-state index contributed by atoms with van der Waals surface area (Å²) in [7, 11) is -2.99. The number of anilines is 1. The van der Waals surface area contributed by atoms with Gasteiger partial charge in [-0.15, -0.1) is 0 Å². The van der Waals surface area contributed by atoms with E-state index in [1.165, 1.54) is 11.1 Å². The van der Waals surface area contributed by atoms with E-state index in [0.717, 1.165) is 81.6 Å². The van der Waals surface area contributed by atoms with Gasteiger partial charge in [0.15, 0.2) is 0 Å². The van der Waals surface area contributed by atoms with E-state index >= 15 is 0 Å². The fourth-order valence-corrected chi connectivity index (χ4v) is 11.3. The Morgan fingerprint density at radius 3 is 2.62 bits per heavy atom. The third-order valence-corrected chi connectivity index (χ3v) is 15.4. The van der Waals surface area contributed by atoms with Gasteiger partial charge in [-0.25, -0.2) is 4.21 Å². The van der Waals surface area contributed by atoms with Crippen LogP contribution in [0.2, 0.25) is 5.02 Å². The summed E-state index contributed by atoms with van der Waals surface area (Å²) >= 11 is 6.47. The Balaban J connectivity index is 1.28. The quantitative estimate of drug-likeness (QED) is 0.342. The zero-order chi connectivity index (χ0) is 35.3. The molecule has 50 heavy (non-hydrogen) atoms. The number of amides is 2. The number of hydrogen-bond acceptors (Lipinski definition) is 6. The molecule has 1 saturated heterocycles. The molecule has 8 nitrogen and oxygen atoms in total. The van der Waals surface area contributed by atoms with Crippen molar-refractivity contribution in [2.24, 2.45) is 17.8 Å². The van der Waals surface area contributed by atoms with Crippen molar-refractivity contribution < 1.29 is 23.6 Å². The van der Waals surface area contributed by atoms with Gasteiger partial charge in [0.2, 0.25) is 5.91 Å². The number of likely N-dealkylation sites (tertiary alicyclic amines) is 1. The summed E-state index contributed by atoms with van der Waals surface area (Å²) in [6.07, 6.45) is 10.0. The SMILES string of the molecule is C=S1(=O)NC(=O)c2ccc3c(c2)N(C[C@@H]2CC[C@H]2[C@@](O)(CC(=O)N2CCCCC2)CCC[C@H](C)[C@H]1C)C[C@@]1(CCCc2cc(Cl)ccc21)CO3. The van der Waals surface area contributed by atoms with Crippen LogP contribution in [0.5, 0.6) is 5.75 Å². The average Bonchev–Trinajstić information content (AvgIpc) is 3.22. The van der Waals surface area contributed by atoms with E-state index < -0.39 is 21.2 Å². The number of fused-ring (bicyclic) bond motifs is 4. The number of piperidine rings is 1. The van der Waals surface area contributed by atoms with Gasteiger partial charge in [-0.3, -0.25) is 14.3 Å². The predicted octanol–water partition coefficient (Wildman–Crippen LogP) is 6.54. The van der Waals surface area contributed by atoms with Gasteiger partial charge in [-0.1, -0.05) is 31.0 Å². The summed E-state index contributed by atoms with van der Waals surface area (Å²) in [4.78, 5) is 31.8. The summed E-state index contributed by atoms with van der Waals surface area (Å²) in [5.41, 5.74) is 2.36. The Kier molecular flexibility index (Phi) is 9.98. The molecule has 7 atom stereocenters.